The van der Waals surface area contributed by atoms with Gasteiger partial charge < -0.3 is 51.8 Å². The molecule has 4 heterocycles. The van der Waals surface area contributed by atoms with Gasteiger partial charge in [-0.25, -0.2) is 34.3 Å². The fourth-order valence-corrected chi connectivity index (χ4v) is 16.2. The lowest BCUT2D eigenvalue weighted by atomic mass is 10.0. The highest BCUT2D eigenvalue weighted by atomic mass is 32.2. The van der Waals surface area contributed by atoms with E-state index in [2.05, 4.69) is 58.8 Å². The number of ether oxygens (including phenoxy) is 3. The number of aryl methyl sites for hydroxylation is 4. The number of nitrogens with one attached hydrogen (secondary N) is 7. The molecule has 33 nitrogen and oxygen atoms in total. The predicted molar refractivity (Wildman–Crippen MR) is 470 cm³/mol. The molecule has 0 aliphatic carbocycles. The summed E-state index contributed by atoms with van der Waals surface area (Å²) >= 11 is 5.87. The standard InChI is InChI=1S/C24H28N4O6S2.2C24H26N4O5S.C13H15N3O2S/c1-3-18-15-35-23(25-18)21(14-17-9-11-19(12-10-17)28-36(31,32)33)26-22(29)20(27-24(30)34-2)13-16-7-5-4-6-8-16;2*1-3-18-15-34-23(25-18)21(14-17-9-11-19(12-10-17)28(31)32)26-22(29)20(27-24(30)33-2)13-16-7-5-4-6-8-16;1-2-10-8-19-13(15-10)12(14)7-9-3-5-11(6-4-9)16(17)18/h4-12,15,20-21,28H,3,13-14H2,1-2H3,(H,26,29)(H,27,30)(H,31,32,33);2*4-12,15,20-21H,3,13-14H2,1-2H3,(H,26,29)(H,27,30);3-6,8,12H,2,7,14H2,1H3/t3*20-,21-;12-/m0000/s1. The van der Waals surface area contributed by atoms with Crippen molar-refractivity contribution < 1.29 is 70.7 Å². The summed E-state index contributed by atoms with van der Waals surface area (Å²) in [6, 6.07) is 49.1. The molecule has 0 fully saturated rings. The Bertz CT molecular complexity index is 5180. The number of hydrogen-bond acceptors (Lipinski definition) is 26. The zero-order valence-electron chi connectivity index (χ0n) is 68.2. The van der Waals surface area contributed by atoms with Crippen LogP contribution < -0.4 is 42.4 Å². The van der Waals surface area contributed by atoms with Crippen LogP contribution in [0.25, 0.3) is 0 Å². The molecule has 0 saturated carbocycles. The fraction of sp³-hybridized carbons (Fsp3) is 0.294. The number of hydrogen-bond donors (Lipinski definition) is 9. The zero-order chi connectivity index (χ0) is 89.0. The molecule has 7 aromatic carbocycles. The van der Waals surface area contributed by atoms with Crippen molar-refractivity contribution in [1.29, 1.82) is 0 Å². The van der Waals surface area contributed by atoms with Crippen molar-refractivity contribution >= 4 is 114 Å². The molecule has 38 heteroatoms. The maximum Gasteiger partial charge on any atom is 0.407 e. The first kappa shape index (κ1) is 95.6. The molecular weight excluding hydrogens is 1680 g/mol. The normalized spacial score (nSPS) is 12.5. The first-order chi connectivity index (χ1) is 59.0. The van der Waals surface area contributed by atoms with Crippen molar-refractivity contribution in [2.75, 3.05) is 26.1 Å². The van der Waals surface area contributed by atoms with Gasteiger partial charge in [-0.05, 0) is 102 Å². The summed E-state index contributed by atoms with van der Waals surface area (Å²) in [5.41, 5.74) is 16.2. The molecule has 0 spiro atoms. The van der Waals surface area contributed by atoms with E-state index in [1.807, 2.05) is 138 Å². The summed E-state index contributed by atoms with van der Waals surface area (Å²) in [5.74, 6) is -1.16. The monoisotopic (exact) mass is 1770 g/mol. The first-order valence-electron chi connectivity index (χ1n) is 38.7. The quantitative estimate of drug-likeness (QED) is 0.00762. The minimum absolute atomic E-state index is 0.00273. The van der Waals surface area contributed by atoms with Crippen molar-refractivity contribution in [2.45, 2.75) is 141 Å². The van der Waals surface area contributed by atoms with Gasteiger partial charge in [0, 0.05) is 77.2 Å². The van der Waals surface area contributed by atoms with E-state index in [4.69, 9.17) is 24.5 Å². The summed E-state index contributed by atoms with van der Waals surface area (Å²) in [6.45, 7) is 8.04. The van der Waals surface area contributed by atoms with Crippen LogP contribution in [0.5, 0.6) is 0 Å². The van der Waals surface area contributed by atoms with Crippen LogP contribution in [-0.2, 0) is 110 Å². The van der Waals surface area contributed by atoms with E-state index in [-0.39, 0.29) is 59.9 Å². The molecule has 6 amide bonds. The van der Waals surface area contributed by atoms with Gasteiger partial charge in [-0.1, -0.05) is 167 Å². The maximum atomic E-state index is 13.4. The Morgan fingerprint density at radius 3 is 0.862 bits per heavy atom. The number of methoxy groups -OCH3 is 3. The second kappa shape index (κ2) is 48.6. The number of benzene rings is 7. The lowest BCUT2D eigenvalue weighted by molar-refractivity contribution is -0.385. The summed E-state index contributed by atoms with van der Waals surface area (Å²) in [6.07, 6.45) is 3.64. The Hall–Kier alpha value is -12.9. The Kier molecular flexibility index (Phi) is 37.7. The number of carbonyl (C=O) groups excluding carboxylic acids is 6. The number of nitro benzene ring substituents is 3. The average Bonchev–Trinajstić information content (AvgIpc) is 1.80. The highest BCUT2D eigenvalue weighted by molar-refractivity contribution is 7.87. The number of nitrogens with two attached hydrogens (primary N) is 1. The minimum atomic E-state index is -4.38. The molecule has 0 aliphatic heterocycles. The van der Waals surface area contributed by atoms with Crippen LogP contribution in [0.15, 0.2) is 210 Å². The van der Waals surface area contributed by atoms with Crippen molar-refractivity contribution in [3.63, 3.8) is 0 Å². The molecule has 11 rings (SSSR count). The van der Waals surface area contributed by atoms with E-state index in [9.17, 15) is 67.5 Å². The van der Waals surface area contributed by atoms with Crippen LogP contribution >= 0.6 is 45.3 Å². The average molecular weight is 1780 g/mol. The van der Waals surface area contributed by atoms with Gasteiger partial charge in [0.1, 0.15) is 38.2 Å². The van der Waals surface area contributed by atoms with Gasteiger partial charge in [-0.2, -0.15) is 8.42 Å². The number of carbonyl (C=O) groups is 6. The van der Waals surface area contributed by atoms with Crippen molar-refractivity contribution in [2.24, 2.45) is 5.73 Å². The number of rotatable bonds is 36. The second-order valence-electron chi connectivity index (χ2n) is 27.4. The van der Waals surface area contributed by atoms with Crippen molar-refractivity contribution in [3.8, 4) is 0 Å². The number of non-ortho nitro benzene ring substituents is 3. The topological polar surface area (TPSA) is 476 Å². The summed E-state index contributed by atoms with van der Waals surface area (Å²) < 4.78 is 47.2. The van der Waals surface area contributed by atoms with E-state index in [1.165, 1.54) is 104 Å². The molecule has 0 radical (unpaired) electrons. The molecule has 123 heavy (non-hydrogen) atoms. The van der Waals surface area contributed by atoms with E-state index >= 15 is 0 Å². The van der Waals surface area contributed by atoms with Crippen LogP contribution in [0.4, 0.5) is 37.1 Å². The molecular formula is C85H95N15O18S5. The van der Waals surface area contributed by atoms with Crippen LogP contribution in [0.3, 0.4) is 0 Å². The first-order valence-corrected chi connectivity index (χ1v) is 43.6. The lowest BCUT2D eigenvalue weighted by Crippen LogP contribution is -2.49. The zero-order valence-corrected chi connectivity index (χ0v) is 72.2. The molecule has 0 saturated heterocycles. The lowest BCUT2D eigenvalue weighted by Gasteiger charge is -2.22. The number of amides is 6. The molecule has 0 unspecified atom stereocenters. The largest absolute Gasteiger partial charge is 0.453 e. The van der Waals surface area contributed by atoms with Gasteiger partial charge in [-0.15, -0.1) is 45.3 Å². The number of thiazole rings is 4. The third kappa shape index (κ3) is 31.9. The van der Waals surface area contributed by atoms with Gasteiger partial charge in [0.25, 0.3) is 17.1 Å². The SMILES string of the molecule is CCc1csc([C@@H](N)Cc2ccc([N+](=O)[O-])cc2)n1.CCc1csc([C@H](Cc2ccc(NS(=O)(=O)O)cc2)NC(=O)[C@H](Cc2ccccc2)NC(=O)OC)n1.CCc1csc([C@H](Cc2ccc([N+](=O)[O-])cc2)NC(=O)[C@H](Cc2ccccc2)NC(=O)OC)n1.CCc1csc([C@H](Cc2ccc([N+](=O)[O-])cc2)NC(=O)[C@H](Cc2ccccc2)NC(=O)OC)n1. The third-order valence-electron chi connectivity index (χ3n) is 18.5. The summed E-state index contributed by atoms with van der Waals surface area (Å²) in [7, 11) is -0.661. The van der Waals surface area contributed by atoms with Gasteiger partial charge >= 0.3 is 28.6 Å². The van der Waals surface area contributed by atoms with Gasteiger partial charge in [0.15, 0.2) is 0 Å². The number of nitrogens with zero attached hydrogens (tertiary/aromatic N) is 7. The molecule has 10 N–H and O–H groups in total. The van der Waals surface area contributed by atoms with Crippen molar-refractivity contribution in [1.82, 2.24) is 51.8 Å². The van der Waals surface area contributed by atoms with E-state index in [1.54, 1.807) is 59.9 Å². The van der Waals surface area contributed by atoms with Crippen LogP contribution in [0, 0.1) is 30.3 Å². The minimum Gasteiger partial charge on any atom is -0.453 e. The molecule has 11 aromatic rings. The van der Waals surface area contributed by atoms with Gasteiger partial charge in [-0.3, -0.25) is 54.0 Å². The van der Waals surface area contributed by atoms with E-state index in [0.717, 1.165) is 102 Å². The van der Waals surface area contributed by atoms with Gasteiger partial charge in [0.05, 0.1) is 88.7 Å². The summed E-state index contributed by atoms with van der Waals surface area (Å²) in [4.78, 5) is 125. The molecule has 0 bridgehead atoms. The highest BCUT2D eigenvalue weighted by Crippen LogP contribution is 2.30. The van der Waals surface area contributed by atoms with Crippen LogP contribution in [0.1, 0.15) is 134 Å². The van der Waals surface area contributed by atoms with Crippen molar-refractivity contribution in [3.05, 3.63) is 322 Å². The number of aromatic nitrogens is 4. The molecule has 648 valence electrons. The fourth-order valence-electron chi connectivity index (χ4n) is 12.0. The summed E-state index contributed by atoms with van der Waals surface area (Å²) in [5, 5.41) is 60.3. The number of nitro groups is 3. The van der Waals surface area contributed by atoms with E-state index in [0.29, 0.717) is 30.7 Å². The Morgan fingerprint density at radius 1 is 0.374 bits per heavy atom. The predicted octanol–water partition coefficient (Wildman–Crippen LogP) is 14.1. The molecule has 4 aromatic heterocycles. The Labute approximate surface area is 726 Å². The number of anilines is 1. The molecule has 0 aliphatic rings. The van der Waals surface area contributed by atoms with Gasteiger partial charge in [0.2, 0.25) is 17.7 Å². The second-order valence-corrected chi connectivity index (χ2v) is 32.1. The Morgan fingerprint density at radius 2 is 0.618 bits per heavy atom. The number of alkyl carbamates (subject to hydrolysis) is 3. The van der Waals surface area contributed by atoms with E-state index < -0.39 is 85.5 Å². The van der Waals surface area contributed by atoms with Crippen LogP contribution in [-0.4, -0.2) is 123 Å². The maximum absolute atomic E-state index is 13.4. The molecule has 7 atom stereocenters. The highest BCUT2D eigenvalue weighted by Gasteiger charge is 2.31. The smallest absolute Gasteiger partial charge is 0.407 e. The Balaban J connectivity index is 0.000000208. The van der Waals surface area contributed by atoms with Crippen LogP contribution in [0.2, 0.25) is 0 Å². The third-order valence-corrected chi connectivity index (χ3v) is 23.1.